The number of hydrogen-bond donors (Lipinski definition) is 1. The second-order valence-electron chi connectivity index (χ2n) is 9.11. The van der Waals surface area contributed by atoms with E-state index in [1.807, 2.05) is 26.0 Å². The van der Waals surface area contributed by atoms with Gasteiger partial charge in [-0.15, -0.1) is 0 Å². The first-order chi connectivity index (χ1) is 14.5. The van der Waals surface area contributed by atoms with E-state index >= 15 is 0 Å². The second-order valence-corrected chi connectivity index (χ2v) is 9.11. The molecule has 2 saturated heterocycles. The highest BCUT2D eigenvalue weighted by Gasteiger charge is 2.35. The summed E-state index contributed by atoms with van der Waals surface area (Å²) in [6.45, 7) is 9.55. The lowest BCUT2D eigenvalue weighted by molar-refractivity contribution is -0.00671. The molecule has 2 aliphatic rings. The number of carbonyl (C=O) groups is 1. The van der Waals surface area contributed by atoms with Crippen LogP contribution >= 0.6 is 0 Å². The number of likely N-dealkylation sites (tertiary alicyclic amines) is 1. The molecule has 1 N–H and O–H groups in total. The highest BCUT2D eigenvalue weighted by molar-refractivity contribution is 5.99. The summed E-state index contributed by atoms with van der Waals surface area (Å²) < 4.78 is 17.1. The molecule has 0 bridgehead atoms. The van der Waals surface area contributed by atoms with E-state index in [0.717, 1.165) is 38.0 Å². The van der Waals surface area contributed by atoms with Crippen LogP contribution < -0.4 is 10.1 Å². The van der Waals surface area contributed by atoms with Crippen molar-refractivity contribution in [2.45, 2.75) is 52.1 Å². The Balaban J connectivity index is 1.47. The summed E-state index contributed by atoms with van der Waals surface area (Å²) in [5.74, 6) is 0.613. The standard InChI is InChI=1S/C24H34N2O4/c1-18(2)30-22-15-19(14-21-20(22)6-11-29-21)23(27)25-16-24(7-12-28-13-8-24)17-26-9-4-3-5-10-26/h6,11,14-15,18H,3-5,7-10,12-13,16-17H2,1-2H3,(H,25,27). The van der Waals surface area contributed by atoms with Gasteiger partial charge in [0.1, 0.15) is 11.3 Å². The molecule has 2 aromatic rings. The van der Waals surface area contributed by atoms with Crippen molar-refractivity contribution in [3.05, 3.63) is 30.0 Å². The first-order valence-electron chi connectivity index (χ1n) is 11.3. The number of furan rings is 1. The number of benzene rings is 1. The van der Waals surface area contributed by atoms with Gasteiger partial charge < -0.3 is 24.1 Å². The molecule has 30 heavy (non-hydrogen) atoms. The molecular formula is C24H34N2O4. The highest BCUT2D eigenvalue weighted by Crippen LogP contribution is 2.33. The van der Waals surface area contributed by atoms with E-state index in [4.69, 9.17) is 13.9 Å². The minimum Gasteiger partial charge on any atom is -0.490 e. The number of hydrogen-bond acceptors (Lipinski definition) is 5. The van der Waals surface area contributed by atoms with Gasteiger partial charge in [-0.2, -0.15) is 0 Å². The quantitative estimate of drug-likeness (QED) is 0.734. The fourth-order valence-corrected chi connectivity index (χ4v) is 4.68. The number of carbonyl (C=O) groups excluding carboxylic acids is 1. The molecule has 2 aliphatic heterocycles. The van der Waals surface area contributed by atoms with Gasteiger partial charge in [0, 0.05) is 37.3 Å². The maximum atomic E-state index is 13.1. The summed E-state index contributed by atoms with van der Waals surface area (Å²) >= 11 is 0. The van der Waals surface area contributed by atoms with E-state index in [0.29, 0.717) is 23.4 Å². The molecule has 2 fully saturated rings. The van der Waals surface area contributed by atoms with Crippen molar-refractivity contribution in [2.75, 3.05) is 39.4 Å². The van der Waals surface area contributed by atoms with Crippen LogP contribution in [0.1, 0.15) is 56.3 Å². The third-order valence-electron chi connectivity index (χ3n) is 6.34. The van der Waals surface area contributed by atoms with Crippen molar-refractivity contribution in [1.82, 2.24) is 10.2 Å². The van der Waals surface area contributed by atoms with Crippen molar-refractivity contribution in [3.8, 4) is 5.75 Å². The predicted octanol–water partition coefficient (Wildman–Crippen LogP) is 4.23. The van der Waals surface area contributed by atoms with Gasteiger partial charge in [-0.25, -0.2) is 0 Å². The Labute approximate surface area is 178 Å². The van der Waals surface area contributed by atoms with Crippen LogP contribution in [-0.2, 0) is 4.74 Å². The number of piperidine rings is 1. The fraction of sp³-hybridized carbons (Fsp3) is 0.625. The molecule has 6 heteroatoms. The minimum atomic E-state index is -0.0774. The van der Waals surface area contributed by atoms with Crippen molar-refractivity contribution < 1.29 is 18.7 Å². The van der Waals surface area contributed by atoms with Crippen LogP contribution in [0.25, 0.3) is 11.0 Å². The maximum Gasteiger partial charge on any atom is 0.251 e. The molecule has 0 aliphatic carbocycles. The average molecular weight is 415 g/mol. The van der Waals surface area contributed by atoms with Crippen LogP contribution in [0.2, 0.25) is 0 Å². The summed E-state index contributed by atoms with van der Waals surface area (Å²) in [7, 11) is 0. The SMILES string of the molecule is CC(C)Oc1cc(C(=O)NCC2(CN3CCCCC3)CCOCC2)cc2occc12. The third-order valence-corrected chi connectivity index (χ3v) is 6.34. The molecule has 1 aromatic carbocycles. The molecule has 3 heterocycles. The van der Waals surface area contributed by atoms with Crippen LogP contribution in [0.5, 0.6) is 5.75 Å². The van der Waals surface area contributed by atoms with Crippen LogP contribution in [0.15, 0.2) is 28.9 Å². The molecule has 0 spiro atoms. The number of nitrogens with zero attached hydrogens (tertiary/aromatic N) is 1. The third kappa shape index (κ3) is 4.98. The van der Waals surface area contributed by atoms with Crippen LogP contribution in [0, 0.1) is 5.41 Å². The molecule has 1 aromatic heterocycles. The average Bonchev–Trinajstić information content (AvgIpc) is 3.22. The predicted molar refractivity (Wildman–Crippen MR) is 117 cm³/mol. The van der Waals surface area contributed by atoms with Crippen LogP contribution in [-0.4, -0.2) is 56.3 Å². The van der Waals surface area contributed by atoms with Crippen molar-refractivity contribution >= 4 is 16.9 Å². The summed E-state index contributed by atoms with van der Waals surface area (Å²) in [5, 5.41) is 4.11. The zero-order valence-corrected chi connectivity index (χ0v) is 18.2. The van der Waals surface area contributed by atoms with E-state index in [1.54, 1.807) is 12.3 Å². The summed E-state index contributed by atoms with van der Waals surface area (Å²) in [6.07, 6.45) is 7.53. The molecule has 0 saturated carbocycles. The molecule has 4 rings (SSSR count). The summed E-state index contributed by atoms with van der Waals surface area (Å²) in [5.41, 5.74) is 1.33. The molecular weight excluding hydrogens is 380 g/mol. The van der Waals surface area contributed by atoms with Crippen molar-refractivity contribution in [1.29, 1.82) is 0 Å². The molecule has 0 radical (unpaired) electrons. The Morgan fingerprint density at radius 2 is 1.97 bits per heavy atom. The number of rotatable bonds is 7. The number of ether oxygens (including phenoxy) is 2. The number of amides is 1. The van der Waals surface area contributed by atoms with Crippen LogP contribution in [0.3, 0.4) is 0 Å². The zero-order chi connectivity index (χ0) is 21.0. The minimum absolute atomic E-state index is 0.0245. The van der Waals surface area contributed by atoms with Gasteiger partial charge in [-0.1, -0.05) is 6.42 Å². The fourth-order valence-electron chi connectivity index (χ4n) is 4.68. The van der Waals surface area contributed by atoms with E-state index in [-0.39, 0.29) is 17.4 Å². The smallest absolute Gasteiger partial charge is 0.251 e. The molecule has 6 nitrogen and oxygen atoms in total. The summed E-state index contributed by atoms with van der Waals surface area (Å²) in [4.78, 5) is 15.6. The molecule has 0 unspecified atom stereocenters. The van der Waals surface area contributed by atoms with Gasteiger partial charge in [-0.05, 0) is 70.8 Å². The van der Waals surface area contributed by atoms with Gasteiger partial charge in [0.2, 0.25) is 0 Å². The van der Waals surface area contributed by atoms with E-state index in [9.17, 15) is 4.79 Å². The zero-order valence-electron chi connectivity index (χ0n) is 18.2. The number of nitrogens with one attached hydrogen (secondary N) is 1. The topological polar surface area (TPSA) is 63.9 Å². The van der Waals surface area contributed by atoms with Gasteiger partial charge in [0.25, 0.3) is 5.91 Å². The van der Waals surface area contributed by atoms with Crippen LogP contribution in [0.4, 0.5) is 0 Å². The molecule has 0 atom stereocenters. The lowest BCUT2D eigenvalue weighted by Crippen LogP contribution is -2.49. The lowest BCUT2D eigenvalue weighted by atomic mass is 9.79. The van der Waals surface area contributed by atoms with Gasteiger partial charge in [0.05, 0.1) is 17.8 Å². The Hall–Kier alpha value is -2.05. The first-order valence-corrected chi connectivity index (χ1v) is 11.3. The van der Waals surface area contributed by atoms with E-state index in [1.165, 1.54) is 32.4 Å². The largest absolute Gasteiger partial charge is 0.490 e. The highest BCUT2D eigenvalue weighted by atomic mass is 16.5. The maximum absolute atomic E-state index is 13.1. The molecule has 1 amide bonds. The van der Waals surface area contributed by atoms with E-state index < -0.39 is 0 Å². The Kier molecular flexibility index (Phi) is 6.64. The van der Waals surface area contributed by atoms with E-state index in [2.05, 4.69) is 10.2 Å². The van der Waals surface area contributed by atoms with Gasteiger partial charge in [-0.3, -0.25) is 4.79 Å². The summed E-state index contributed by atoms with van der Waals surface area (Å²) in [6, 6.07) is 5.51. The van der Waals surface area contributed by atoms with Crippen molar-refractivity contribution in [2.24, 2.45) is 5.41 Å². The van der Waals surface area contributed by atoms with Gasteiger partial charge in [0.15, 0.2) is 0 Å². The van der Waals surface area contributed by atoms with Gasteiger partial charge >= 0.3 is 0 Å². The number of fused-ring (bicyclic) bond motifs is 1. The monoisotopic (exact) mass is 414 g/mol. The first kappa shape index (κ1) is 21.2. The van der Waals surface area contributed by atoms with Crippen molar-refractivity contribution in [3.63, 3.8) is 0 Å². The normalized spacial score (nSPS) is 19.8. The lowest BCUT2D eigenvalue weighted by Gasteiger charge is -2.42. The Morgan fingerprint density at radius 1 is 1.20 bits per heavy atom. The second kappa shape index (κ2) is 9.40. The Morgan fingerprint density at radius 3 is 2.70 bits per heavy atom. The molecule has 164 valence electrons. The Bertz CT molecular complexity index is 848.